The third-order valence-corrected chi connectivity index (χ3v) is 3.30. The average Bonchev–Trinajstić information content (AvgIpc) is 2.59. The zero-order chi connectivity index (χ0) is 16.7. The van der Waals surface area contributed by atoms with Gasteiger partial charge in [0.05, 0.1) is 18.8 Å². The van der Waals surface area contributed by atoms with Gasteiger partial charge in [-0.15, -0.1) is 0 Å². The summed E-state index contributed by atoms with van der Waals surface area (Å²) in [6.45, 7) is 1.74. The van der Waals surface area contributed by atoms with E-state index >= 15 is 0 Å². The highest BCUT2D eigenvalue weighted by Crippen LogP contribution is 2.13. The number of allylic oxidation sites excluding steroid dienone is 1. The van der Waals surface area contributed by atoms with Crippen LogP contribution in [0.5, 0.6) is 0 Å². The molecule has 3 heteroatoms. The highest BCUT2D eigenvalue weighted by Gasteiger charge is 2.02. The first-order chi connectivity index (χ1) is 11.1. The topological polar surface area (TPSA) is 46.5 Å². The van der Waals surface area contributed by atoms with Crippen molar-refractivity contribution >= 4 is 12.0 Å². The fraction of sp³-hybridized carbons (Fsp3) is 0.150. The van der Waals surface area contributed by atoms with Crippen molar-refractivity contribution in [2.45, 2.75) is 13.0 Å². The van der Waals surface area contributed by atoms with Crippen molar-refractivity contribution in [3.63, 3.8) is 0 Å². The monoisotopic (exact) mass is 306 g/mol. The molecule has 0 aliphatic heterocycles. The van der Waals surface area contributed by atoms with Crippen molar-refractivity contribution in [2.24, 2.45) is 0 Å². The molecule has 0 bridgehead atoms. The molecule has 3 nitrogen and oxygen atoms in total. The Morgan fingerprint density at radius 3 is 2.35 bits per heavy atom. The number of benzene rings is 2. The van der Waals surface area contributed by atoms with E-state index in [1.807, 2.05) is 30.3 Å². The van der Waals surface area contributed by atoms with Crippen molar-refractivity contribution in [1.29, 1.82) is 0 Å². The Balaban J connectivity index is 2.00. The Morgan fingerprint density at radius 1 is 1.13 bits per heavy atom. The number of esters is 1. The second-order valence-electron chi connectivity index (χ2n) is 5.01. The molecule has 0 amide bonds. The molecule has 0 saturated heterocycles. The van der Waals surface area contributed by atoms with Crippen molar-refractivity contribution < 1.29 is 14.6 Å². The maximum absolute atomic E-state index is 11.3. The van der Waals surface area contributed by atoms with Crippen LogP contribution in [0.2, 0.25) is 0 Å². The van der Waals surface area contributed by atoms with Crippen LogP contribution in [-0.4, -0.2) is 18.2 Å². The van der Waals surface area contributed by atoms with Crippen LogP contribution in [0.3, 0.4) is 0 Å². The van der Waals surface area contributed by atoms with Gasteiger partial charge in [0.1, 0.15) is 0 Å². The van der Waals surface area contributed by atoms with Crippen LogP contribution in [0, 0.1) is 11.8 Å². The Bertz CT molecular complexity index is 742. The summed E-state index contributed by atoms with van der Waals surface area (Å²) in [5.74, 6) is 5.60. The molecule has 0 aliphatic rings. The predicted octanol–water partition coefficient (Wildman–Crippen LogP) is 3.59. The number of hydrogen-bond acceptors (Lipinski definition) is 3. The van der Waals surface area contributed by atoms with Crippen LogP contribution in [-0.2, 0) is 4.74 Å². The van der Waals surface area contributed by atoms with E-state index in [2.05, 4.69) is 16.6 Å². The first kappa shape index (κ1) is 16.5. The first-order valence-electron chi connectivity index (χ1n) is 7.24. The number of rotatable bonds is 3. The summed E-state index contributed by atoms with van der Waals surface area (Å²) in [7, 11) is 1.36. The molecule has 2 aromatic carbocycles. The van der Waals surface area contributed by atoms with Crippen LogP contribution < -0.4 is 0 Å². The summed E-state index contributed by atoms with van der Waals surface area (Å²) in [5.41, 5.74) is 3.24. The standard InChI is InChI=1S/C20H18O3/c1-15(21)18-11-7-16(8-12-18)5-3-4-6-17-9-13-19(14-10-17)20(22)23-2/h3,5,7-15,21H,1-2H3/b5-3+. The smallest absolute Gasteiger partial charge is 0.337 e. The Hall–Kier alpha value is -2.83. The molecule has 2 aromatic rings. The van der Waals surface area contributed by atoms with E-state index in [0.717, 1.165) is 16.7 Å². The molecule has 1 atom stereocenters. The lowest BCUT2D eigenvalue weighted by Crippen LogP contribution is -2.00. The Morgan fingerprint density at radius 2 is 1.78 bits per heavy atom. The van der Waals surface area contributed by atoms with Gasteiger partial charge in [-0.2, -0.15) is 0 Å². The minimum atomic E-state index is -0.458. The Kier molecular flexibility index (Phi) is 5.74. The van der Waals surface area contributed by atoms with E-state index in [4.69, 9.17) is 0 Å². The summed E-state index contributed by atoms with van der Waals surface area (Å²) in [5, 5.41) is 9.46. The second-order valence-corrected chi connectivity index (χ2v) is 5.01. The quantitative estimate of drug-likeness (QED) is 0.696. The minimum Gasteiger partial charge on any atom is -0.465 e. The molecule has 0 radical (unpaired) electrons. The highest BCUT2D eigenvalue weighted by atomic mass is 16.5. The van der Waals surface area contributed by atoms with Crippen molar-refractivity contribution in [3.8, 4) is 11.8 Å². The predicted molar refractivity (Wildman–Crippen MR) is 90.8 cm³/mol. The van der Waals surface area contributed by atoms with Crippen molar-refractivity contribution in [1.82, 2.24) is 0 Å². The molecule has 2 rings (SSSR count). The summed E-state index contributed by atoms with van der Waals surface area (Å²) in [4.78, 5) is 11.3. The zero-order valence-electron chi connectivity index (χ0n) is 13.1. The SMILES string of the molecule is COC(=O)c1ccc(C#C/C=C/c2ccc(C(C)O)cc2)cc1. The average molecular weight is 306 g/mol. The molecule has 0 aliphatic carbocycles. The van der Waals surface area contributed by atoms with E-state index in [1.54, 1.807) is 37.3 Å². The van der Waals surface area contributed by atoms with E-state index < -0.39 is 6.10 Å². The van der Waals surface area contributed by atoms with Gasteiger partial charge in [0.2, 0.25) is 0 Å². The van der Waals surface area contributed by atoms with Gasteiger partial charge in [-0.25, -0.2) is 4.79 Å². The maximum atomic E-state index is 11.3. The minimum absolute atomic E-state index is 0.356. The fourth-order valence-electron chi connectivity index (χ4n) is 1.96. The van der Waals surface area contributed by atoms with Crippen LogP contribution in [0.15, 0.2) is 54.6 Å². The van der Waals surface area contributed by atoms with Gasteiger partial charge in [0, 0.05) is 5.56 Å². The van der Waals surface area contributed by atoms with Crippen molar-refractivity contribution in [3.05, 3.63) is 76.9 Å². The third-order valence-electron chi connectivity index (χ3n) is 3.30. The fourth-order valence-corrected chi connectivity index (χ4v) is 1.96. The van der Waals surface area contributed by atoms with Crippen LogP contribution >= 0.6 is 0 Å². The highest BCUT2D eigenvalue weighted by molar-refractivity contribution is 5.89. The molecule has 1 unspecified atom stereocenters. The second kappa shape index (κ2) is 7.98. The normalized spacial score (nSPS) is 11.6. The molecule has 0 fully saturated rings. The molecule has 116 valence electrons. The lowest BCUT2D eigenvalue weighted by atomic mass is 10.1. The van der Waals surface area contributed by atoms with E-state index in [1.165, 1.54) is 7.11 Å². The van der Waals surface area contributed by atoms with E-state index in [9.17, 15) is 9.90 Å². The lowest BCUT2D eigenvalue weighted by Gasteiger charge is -2.03. The summed E-state index contributed by atoms with van der Waals surface area (Å²) in [6.07, 6.45) is 3.22. The van der Waals surface area contributed by atoms with Gasteiger partial charge in [-0.05, 0) is 54.5 Å². The number of carbonyl (C=O) groups excluding carboxylic acids is 1. The van der Waals surface area contributed by atoms with Crippen LogP contribution in [0.1, 0.15) is 40.1 Å². The number of aliphatic hydroxyl groups excluding tert-OH is 1. The first-order valence-corrected chi connectivity index (χ1v) is 7.24. The Labute approximate surface area is 136 Å². The van der Waals surface area contributed by atoms with Gasteiger partial charge in [-0.1, -0.05) is 36.1 Å². The van der Waals surface area contributed by atoms with Gasteiger partial charge in [0.15, 0.2) is 0 Å². The number of aliphatic hydroxyl groups is 1. The number of hydrogen-bond donors (Lipinski definition) is 1. The van der Waals surface area contributed by atoms with Gasteiger partial charge in [0.25, 0.3) is 0 Å². The largest absolute Gasteiger partial charge is 0.465 e. The lowest BCUT2D eigenvalue weighted by molar-refractivity contribution is 0.0600. The third kappa shape index (κ3) is 4.84. The number of methoxy groups -OCH3 is 1. The van der Waals surface area contributed by atoms with Crippen molar-refractivity contribution in [2.75, 3.05) is 7.11 Å². The zero-order valence-corrected chi connectivity index (χ0v) is 13.1. The molecule has 1 N–H and O–H groups in total. The van der Waals surface area contributed by atoms with Gasteiger partial charge < -0.3 is 9.84 Å². The summed E-state index contributed by atoms with van der Waals surface area (Å²) in [6, 6.07) is 14.6. The molecule has 0 aromatic heterocycles. The molecule has 0 saturated carbocycles. The number of carbonyl (C=O) groups is 1. The summed E-state index contributed by atoms with van der Waals surface area (Å²) >= 11 is 0. The molecular formula is C20H18O3. The molecule has 0 heterocycles. The maximum Gasteiger partial charge on any atom is 0.337 e. The summed E-state index contributed by atoms with van der Waals surface area (Å²) < 4.78 is 4.64. The van der Waals surface area contributed by atoms with E-state index in [0.29, 0.717) is 5.56 Å². The van der Waals surface area contributed by atoms with Gasteiger partial charge >= 0.3 is 5.97 Å². The molecular weight excluding hydrogens is 288 g/mol. The van der Waals surface area contributed by atoms with Crippen LogP contribution in [0.25, 0.3) is 6.08 Å². The van der Waals surface area contributed by atoms with Gasteiger partial charge in [-0.3, -0.25) is 0 Å². The van der Waals surface area contributed by atoms with Crippen LogP contribution in [0.4, 0.5) is 0 Å². The molecule has 0 spiro atoms. The number of ether oxygens (including phenoxy) is 1. The van der Waals surface area contributed by atoms with E-state index in [-0.39, 0.29) is 5.97 Å². The molecule has 23 heavy (non-hydrogen) atoms.